The molecule has 0 saturated carbocycles. The molecule has 0 N–H and O–H groups in total. The molecule has 7 heteroatoms. The molecule has 1 aromatic heterocycles. The van der Waals surface area contributed by atoms with Gasteiger partial charge in [-0.1, -0.05) is 23.2 Å². The predicted octanol–water partition coefficient (Wildman–Crippen LogP) is 1.81. The van der Waals surface area contributed by atoms with E-state index in [0.717, 1.165) is 13.0 Å². The Morgan fingerprint density at radius 3 is 2.50 bits per heavy atom. The molecule has 0 saturated heterocycles. The van der Waals surface area contributed by atoms with Gasteiger partial charge in [-0.2, -0.15) is 0 Å². The zero-order chi connectivity index (χ0) is 13.7. The summed E-state index contributed by atoms with van der Waals surface area (Å²) in [7, 11) is 5.71. The van der Waals surface area contributed by atoms with Gasteiger partial charge in [0.1, 0.15) is 0 Å². The van der Waals surface area contributed by atoms with Crippen molar-refractivity contribution in [1.82, 2.24) is 20.0 Å². The molecule has 18 heavy (non-hydrogen) atoms. The Kier molecular flexibility index (Phi) is 5.78. The highest BCUT2D eigenvalue weighted by molar-refractivity contribution is 6.34. The summed E-state index contributed by atoms with van der Waals surface area (Å²) in [5.41, 5.74) is 0.281. The zero-order valence-electron chi connectivity index (χ0n) is 10.7. The van der Waals surface area contributed by atoms with Gasteiger partial charge in [0, 0.05) is 13.6 Å². The van der Waals surface area contributed by atoms with Crippen LogP contribution in [-0.4, -0.2) is 60.1 Å². The second kappa shape index (κ2) is 6.87. The summed E-state index contributed by atoms with van der Waals surface area (Å²) in [6, 6.07) is 1.43. The van der Waals surface area contributed by atoms with Crippen LogP contribution in [0, 0.1) is 0 Å². The monoisotopic (exact) mass is 290 g/mol. The van der Waals surface area contributed by atoms with E-state index in [0.29, 0.717) is 6.54 Å². The van der Waals surface area contributed by atoms with Gasteiger partial charge in [-0.15, -0.1) is 10.2 Å². The fourth-order valence-corrected chi connectivity index (χ4v) is 1.75. The second-order valence-corrected chi connectivity index (χ2v) is 5.00. The van der Waals surface area contributed by atoms with Crippen LogP contribution in [0.25, 0.3) is 0 Å². The molecule has 1 aromatic rings. The first kappa shape index (κ1) is 15.1. The van der Waals surface area contributed by atoms with Gasteiger partial charge < -0.3 is 9.80 Å². The van der Waals surface area contributed by atoms with Gasteiger partial charge in [0.05, 0.1) is 5.56 Å². The largest absolute Gasteiger partial charge is 0.342 e. The summed E-state index contributed by atoms with van der Waals surface area (Å²) in [4.78, 5) is 15.8. The first-order valence-corrected chi connectivity index (χ1v) is 6.26. The number of nitrogens with zero attached hydrogens (tertiary/aromatic N) is 4. The maximum atomic E-state index is 12.1. The summed E-state index contributed by atoms with van der Waals surface area (Å²) in [5.74, 6) is -0.199. The average Bonchev–Trinajstić information content (AvgIpc) is 2.30. The Morgan fingerprint density at radius 1 is 1.22 bits per heavy atom. The van der Waals surface area contributed by atoms with Crippen molar-refractivity contribution in [2.75, 3.05) is 34.2 Å². The highest BCUT2D eigenvalue weighted by Crippen LogP contribution is 2.17. The zero-order valence-corrected chi connectivity index (χ0v) is 12.2. The number of aromatic nitrogens is 2. The summed E-state index contributed by atoms with van der Waals surface area (Å²) in [6.07, 6.45) is 0.888. The van der Waals surface area contributed by atoms with E-state index in [-0.39, 0.29) is 21.8 Å². The van der Waals surface area contributed by atoms with Crippen molar-refractivity contribution in [3.63, 3.8) is 0 Å². The SMILES string of the molecule is CN(C)CCCN(C)C(=O)c1cc(Cl)nnc1Cl. The van der Waals surface area contributed by atoms with Crippen molar-refractivity contribution in [2.24, 2.45) is 0 Å². The highest BCUT2D eigenvalue weighted by atomic mass is 35.5. The van der Waals surface area contributed by atoms with Crippen LogP contribution in [0.1, 0.15) is 16.8 Å². The Bertz CT molecular complexity index is 426. The molecule has 0 unspecified atom stereocenters. The summed E-state index contributed by atoms with van der Waals surface area (Å²) in [5, 5.41) is 7.42. The van der Waals surface area contributed by atoms with Crippen LogP contribution in [0.2, 0.25) is 10.3 Å². The standard InChI is InChI=1S/C11H16Cl2N4O/c1-16(2)5-4-6-17(3)11(18)8-7-9(12)14-15-10(8)13/h7H,4-6H2,1-3H3. The number of halogens is 2. The Balaban J connectivity index is 2.65. The molecule has 1 amide bonds. The molecule has 0 spiro atoms. The minimum atomic E-state index is -0.199. The van der Waals surface area contributed by atoms with Gasteiger partial charge in [-0.25, -0.2) is 0 Å². The maximum absolute atomic E-state index is 12.1. The van der Waals surface area contributed by atoms with Crippen LogP contribution >= 0.6 is 23.2 Å². The molecule has 0 aromatic carbocycles. The lowest BCUT2D eigenvalue weighted by Gasteiger charge is -2.18. The minimum absolute atomic E-state index is 0.0730. The van der Waals surface area contributed by atoms with Crippen LogP contribution < -0.4 is 0 Å². The molecule has 0 aliphatic carbocycles. The number of carbonyl (C=O) groups is 1. The third-order valence-electron chi connectivity index (χ3n) is 2.39. The van der Waals surface area contributed by atoms with E-state index in [4.69, 9.17) is 23.2 Å². The number of amides is 1. The quantitative estimate of drug-likeness (QED) is 0.830. The Morgan fingerprint density at radius 2 is 1.89 bits per heavy atom. The van der Waals surface area contributed by atoms with E-state index >= 15 is 0 Å². The summed E-state index contributed by atoms with van der Waals surface area (Å²) >= 11 is 11.5. The third-order valence-corrected chi connectivity index (χ3v) is 2.86. The van der Waals surface area contributed by atoms with Gasteiger partial charge in [0.2, 0.25) is 0 Å². The molecule has 0 aliphatic rings. The van der Waals surface area contributed by atoms with E-state index in [1.807, 2.05) is 14.1 Å². The fraction of sp³-hybridized carbons (Fsp3) is 0.545. The minimum Gasteiger partial charge on any atom is -0.342 e. The average molecular weight is 291 g/mol. The molecule has 0 fully saturated rings. The highest BCUT2D eigenvalue weighted by Gasteiger charge is 2.17. The van der Waals surface area contributed by atoms with Crippen molar-refractivity contribution in [3.05, 3.63) is 21.9 Å². The van der Waals surface area contributed by atoms with Gasteiger partial charge in [0.15, 0.2) is 10.3 Å². The predicted molar refractivity (Wildman–Crippen MR) is 72.2 cm³/mol. The molecular weight excluding hydrogens is 275 g/mol. The van der Waals surface area contributed by atoms with Crippen molar-refractivity contribution >= 4 is 29.1 Å². The van der Waals surface area contributed by atoms with Gasteiger partial charge in [-0.3, -0.25) is 4.79 Å². The number of hydrogen-bond donors (Lipinski definition) is 0. The van der Waals surface area contributed by atoms with E-state index in [1.54, 1.807) is 11.9 Å². The molecular formula is C11H16Cl2N4O. The maximum Gasteiger partial charge on any atom is 0.256 e. The van der Waals surface area contributed by atoms with Crippen molar-refractivity contribution in [1.29, 1.82) is 0 Å². The second-order valence-electron chi connectivity index (χ2n) is 4.26. The van der Waals surface area contributed by atoms with Crippen LogP contribution in [0.5, 0.6) is 0 Å². The number of carbonyl (C=O) groups excluding carboxylic acids is 1. The van der Waals surface area contributed by atoms with Crippen molar-refractivity contribution in [2.45, 2.75) is 6.42 Å². The lowest BCUT2D eigenvalue weighted by Crippen LogP contribution is -2.30. The Labute approximate surface area is 117 Å². The Hall–Kier alpha value is -0.910. The molecule has 1 rings (SSSR count). The molecule has 0 atom stereocenters. The molecule has 5 nitrogen and oxygen atoms in total. The van der Waals surface area contributed by atoms with Crippen molar-refractivity contribution in [3.8, 4) is 0 Å². The van der Waals surface area contributed by atoms with Crippen LogP contribution in [-0.2, 0) is 0 Å². The summed E-state index contributed by atoms with van der Waals surface area (Å²) < 4.78 is 0. The number of rotatable bonds is 5. The van der Waals surface area contributed by atoms with Crippen molar-refractivity contribution < 1.29 is 4.79 Å². The van der Waals surface area contributed by atoms with Gasteiger partial charge in [-0.05, 0) is 33.1 Å². The fourth-order valence-electron chi connectivity index (χ4n) is 1.43. The van der Waals surface area contributed by atoms with E-state index < -0.39 is 0 Å². The lowest BCUT2D eigenvalue weighted by molar-refractivity contribution is 0.0790. The topological polar surface area (TPSA) is 49.3 Å². The van der Waals surface area contributed by atoms with Crippen LogP contribution in [0.3, 0.4) is 0 Å². The van der Waals surface area contributed by atoms with Gasteiger partial charge >= 0.3 is 0 Å². The lowest BCUT2D eigenvalue weighted by atomic mass is 10.2. The van der Waals surface area contributed by atoms with E-state index in [9.17, 15) is 4.79 Å². The van der Waals surface area contributed by atoms with E-state index in [2.05, 4.69) is 15.1 Å². The molecule has 100 valence electrons. The first-order chi connectivity index (χ1) is 8.41. The number of hydrogen-bond acceptors (Lipinski definition) is 4. The molecule has 0 aliphatic heterocycles. The van der Waals surface area contributed by atoms with Crippen LogP contribution in [0.4, 0.5) is 0 Å². The van der Waals surface area contributed by atoms with Gasteiger partial charge in [0.25, 0.3) is 5.91 Å². The molecule has 0 bridgehead atoms. The van der Waals surface area contributed by atoms with E-state index in [1.165, 1.54) is 6.07 Å². The smallest absolute Gasteiger partial charge is 0.256 e. The normalized spacial score (nSPS) is 10.8. The molecule has 0 radical (unpaired) electrons. The summed E-state index contributed by atoms with van der Waals surface area (Å²) in [6.45, 7) is 1.56. The third kappa shape index (κ3) is 4.40. The first-order valence-electron chi connectivity index (χ1n) is 5.50. The van der Waals surface area contributed by atoms with Crippen LogP contribution in [0.15, 0.2) is 6.07 Å². The molecule has 1 heterocycles.